The normalized spacial score (nSPS) is 13.8. The molecule has 0 saturated heterocycles. The largest absolute Gasteiger partial charge is 0.389 e. The number of aliphatic hydroxyl groups is 1. The Hall–Kier alpha value is -0.450. The molecule has 0 amide bonds. The van der Waals surface area contributed by atoms with Crippen LogP contribution in [0.1, 0.15) is 62.4 Å². The number of hydrogen-bond donors (Lipinski definition) is 2. The summed E-state index contributed by atoms with van der Waals surface area (Å²) in [6, 6.07) is 0.261. The van der Waals surface area contributed by atoms with Crippen LogP contribution in [-0.4, -0.2) is 22.2 Å². The van der Waals surface area contributed by atoms with Crippen molar-refractivity contribution in [3.05, 3.63) is 16.1 Å². The van der Waals surface area contributed by atoms with Gasteiger partial charge in [-0.15, -0.1) is 11.3 Å². The molecule has 0 aromatic carbocycles. The molecule has 1 rings (SSSR count). The maximum Gasteiger partial charge on any atom is 0.0897 e. The van der Waals surface area contributed by atoms with Gasteiger partial charge in [0.15, 0.2) is 0 Å². The van der Waals surface area contributed by atoms with Crippen molar-refractivity contribution in [2.45, 2.75) is 65.0 Å². The van der Waals surface area contributed by atoms with Gasteiger partial charge in [-0.05, 0) is 26.7 Å². The molecule has 104 valence electrons. The van der Waals surface area contributed by atoms with Gasteiger partial charge in [-0.25, -0.2) is 4.98 Å². The van der Waals surface area contributed by atoms with Gasteiger partial charge in [-0.1, -0.05) is 26.7 Å². The molecule has 3 nitrogen and oxygen atoms in total. The third-order valence-corrected chi connectivity index (χ3v) is 4.33. The molecule has 0 saturated carbocycles. The monoisotopic (exact) mass is 270 g/mol. The van der Waals surface area contributed by atoms with Crippen molar-refractivity contribution in [2.75, 3.05) is 6.54 Å². The molecule has 0 fully saturated rings. The molecule has 0 radical (unpaired) electrons. The fraction of sp³-hybridized carbons (Fsp3) is 0.786. The van der Waals surface area contributed by atoms with Crippen LogP contribution in [0.5, 0.6) is 0 Å². The Morgan fingerprint density at radius 3 is 2.44 bits per heavy atom. The Bertz CT molecular complexity index is 345. The second kappa shape index (κ2) is 7.22. The number of aryl methyl sites for hydroxylation is 1. The van der Waals surface area contributed by atoms with Crippen LogP contribution < -0.4 is 5.32 Å². The smallest absolute Gasteiger partial charge is 0.0897 e. The molecule has 0 spiro atoms. The van der Waals surface area contributed by atoms with Gasteiger partial charge >= 0.3 is 0 Å². The van der Waals surface area contributed by atoms with Crippen LogP contribution in [0.2, 0.25) is 0 Å². The molecule has 0 aliphatic rings. The predicted molar refractivity (Wildman–Crippen MR) is 78.0 cm³/mol. The Morgan fingerprint density at radius 2 is 2.00 bits per heavy atom. The van der Waals surface area contributed by atoms with Crippen molar-refractivity contribution in [3.63, 3.8) is 0 Å². The second-order valence-corrected chi connectivity index (χ2v) is 6.37. The average Bonchev–Trinajstić information content (AvgIpc) is 2.74. The minimum absolute atomic E-state index is 0.261. The van der Waals surface area contributed by atoms with E-state index in [4.69, 9.17) is 0 Å². The Kier molecular flexibility index (Phi) is 6.26. The molecule has 1 unspecified atom stereocenters. The number of nitrogens with one attached hydrogen (secondary N) is 1. The maximum atomic E-state index is 10.5. The molecule has 0 aliphatic carbocycles. The second-order valence-electron chi connectivity index (χ2n) is 5.11. The fourth-order valence-corrected chi connectivity index (χ4v) is 3.07. The highest BCUT2D eigenvalue weighted by Crippen LogP contribution is 2.23. The summed E-state index contributed by atoms with van der Waals surface area (Å²) in [5.74, 6) is 0. The maximum absolute atomic E-state index is 10.5. The Labute approximate surface area is 115 Å². The zero-order chi connectivity index (χ0) is 13.6. The molecule has 18 heavy (non-hydrogen) atoms. The van der Waals surface area contributed by atoms with Crippen molar-refractivity contribution in [1.29, 1.82) is 0 Å². The predicted octanol–water partition coefficient (Wildman–Crippen LogP) is 3.43. The average molecular weight is 270 g/mol. The standard InChI is InChI=1S/C14H26N2OS/c1-5-7-14(17,8-6-2)10-16-11(3)13-9-15-12(4)18-13/h9,11,16-17H,5-8,10H2,1-4H3. The van der Waals surface area contributed by atoms with Gasteiger partial charge in [0.25, 0.3) is 0 Å². The van der Waals surface area contributed by atoms with Gasteiger partial charge in [0.1, 0.15) is 0 Å². The first kappa shape index (κ1) is 15.6. The Balaban J connectivity index is 2.51. The molecule has 2 N–H and O–H groups in total. The van der Waals surface area contributed by atoms with E-state index in [2.05, 4.69) is 31.1 Å². The van der Waals surface area contributed by atoms with E-state index < -0.39 is 5.60 Å². The zero-order valence-electron chi connectivity index (χ0n) is 12.0. The molecule has 1 atom stereocenters. The van der Waals surface area contributed by atoms with E-state index in [1.807, 2.05) is 13.1 Å². The van der Waals surface area contributed by atoms with E-state index in [1.165, 1.54) is 4.88 Å². The van der Waals surface area contributed by atoms with Gasteiger partial charge in [-0.2, -0.15) is 0 Å². The molecule has 1 aromatic rings. The van der Waals surface area contributed by atoms with E-state index in [9.17, 15) is 5.11 Å². The molecule has 4 heteroatoms. The summed E-state index contributed by atoms with van der Waals surface area (Å²) < 4.78 is 0. The molecular formula is C14H26N2OS. The highest BCUT2D eigenvalue weighted by molar-refractivity contribution is 7.11. The first-order valence-corrected chi connectivity index (χ1v) is 7.70. The van der Waals surface area contributed by atoms with Gasteiger partial charge in [0.2, 0.25) is 0 Å². The summed E-state index contributed by atoms with van der Waals surface area (Å²) in [6.07, 6.45) is 5.69. The van der Waals surface area contributed by atoms with Gasteiger partial charge < -0.3 is 10.4 Å². The van der Waals surface area contributed by atoms with Crippen LogP contribution in [0.4, 0.5) is 0 Å². The Morgan fingerprint density at radius 1 is 1.39 bits per heavy atom. The van der Waals surface area contributed by atoms with E-state index in [1.54, 1.807) is 11.3 Å². The van der Waals surface area contributed by atoms with Crippen molar-refractivity contribution >= 4 is 11.3 Å². The van der Waals surface area contributed by atoms with Crippen LogP contribution in [-0.2, 0) is 0 Å². The number of aromatic nitrogens is 1. The lowest BCUT2D eigenvalue weighted by Crippen LogP contribution is -2.41. The SMILES string of the molecule is CCCC(O)(CCC)CNC(C)c1cnc(C)s1. The number of nitrogens with zero attached hydrogens (tertiary/aromatic N) is 1. The van der Waals surface area contributed by atoms with Gasteiger partial charge in [-0.3, -0.25) is 0 Å². The molecule has 1 heterocycles. The molecular weight excluding hydrogens is 244 g/mol. The number of thiazole rings is 1. The molecule has 0 aliphatic heterocycles. The first-order chi connectivity index (χ1) is 8.50. The highest BCUT2D eigenvalue weighted by Gasteiger charge is 2.25. The lowest BCUT2D eigenvalue weighted by Gasteiger charge is -2.29. The van der Waals surface area contributed by atoms with Crippen LogP contribution in [0.15, 0.2) is 6.20 Å². The first-order valence-electron chi connectivity index (χ1n) is 6.89. The number of rotatable bonds is 8. The molecule has 1 aromatic heterocycles. The lowest BCUT2D eigenvalue weighted by atomic mass is 9.92. The number of hydrogen-bond acceptors (Lipinski definition) is 4. The van der Waals surface area contributed by atoms with E-state index >= 15 is 0 Å². The summed E-state index contributed by atoms with van der Waals surface area (Å²) >= 11 is 1.72. The van der Waals surface area contributed by atoms with Crippen molar-refractivity contribution in [1.82, 2.24) is 10.3 Å². The third-order valence-electron chi connectivity index (χ3n) is 3.23. The minimum Gasteiger partial charge on any atom is -0.389 e. The summed E-state index contributed by atoms with van der Waals surface area (Å²) in [5.41, 5.74) is -0.558. The summed E-state index contributed by atoms with van der Waals surface area (Å²) in [6.45, 7) is 9.05. The quantitative estimate of drug-likeness (QED) is 0.760. The van der Waals surface area contributed by atoms with Crippen LogP contribution in [0, 0.1) is 6.92 Å². The van der Waals surface area contributed by atoms with Gasteiger partial charge in [0, 0.05) is 23.7 Å². The topological polar surface area (TPSA) is 45.1 Å². The third kappa shape index (κ3) is 4.67. The summed E-state index contributed by atoms with van der Waals surface area (Å²) in [4.78, 5) is 5.51. The van der Waals surface area contributed by atoms with E-state index in [0.29, 0.717) is 6.54 Å². The fourth-order valence-electron chi connectivity index (χ4n) is 2.25. The van der Waals surface area contributed by atoms with Crippen LogP contribution in [0.3, 0.4) is 0 Å². The van der Waals surface area contributed by atoms with Crippen molar-refractivity contribution in [2.24, 2.45) is 0 Å². The summed E-state index contributed by atoms with van der Waals surface area (Å²) in [5, 5.41) is 15.1. The van der Waals surface area contributed by atoms with Crippen LogP contribution >= 0.6 is 11.3 Å². The highest BCUT2D eigenvalue weighted by atomic mass is 32.1. The molecule has 0 bridgehead atoms. The minimum atomic E-state index is -0.558. The van der Waals surface area contributed by atoms with E-state index in [-0.39, 0.29) is 6.04 Å². The van der Waals surface area contributed by atoms with Crippen molar-refractivity contribution in [3.8, 4) is 0 Å². The zero-order valence-corrected chi connectivity index (χ0v) is 12.8. The van der Waals surface area contributed by atoms with Crippen LogP contribution in [0.25, 0.3) is 0 Å². The van der Waals surface area contributed by atoms with Crippen molar-refractivity contribution < 1.29 is 5.11 Å². The van der Waals surface area contributed by atoms with E-state index in [0.717, 1.165) is 30.7 Å². The lowest BCUT2D eigenvalue weighted by molar-refractivity contribution is 0.0197. The summed E-state index contributed by atoms with van der Waals surface area (Å²) in [7, 11) is 0. The van der Waals surface area contributed by atoms with Gasteiger partial charge in [0.05, 0.1) is 10.6 Å².